The fourth-order valence-corrected chi connectivity index (χ4v) is 3.60. The van der Waals surface area contributed by atoms with Crippen LogP contribution in [0.2, 0.25) is 0 Å². The number of hydrogen-bond acceptors (Lipinski definition) is 6. The van der Waals surface area contributed by atoms with Gasteiger partial charge >= 0.3 is 5.97 Å². The van der Waals surface area contributed by atoms with Gasteiger partial charge in [-0.2, -0.15) is 0 Å². The molecule has 0 N–H and O–H groups in total. The van der Waals surface area contributed by atoms with Crippen molar-refractivity contribution in [2.75, 3.05) is 13.7 Å². The molecule has 1 amide bonds. The SMILES string of the molecule is CC[C@@H](Oc1ccccc1)C(=O)OCC(=O)N(C)Cc1nc2ccccc2s1. The van der Waals surface area contributed by atoms with E-state index in [0.29, 0.717) is 18.7 Å². The van der Waals surface area contributed by atoms with Crippen molar-refractivity contribution >= 4 is 33.4 Å². The Labute approximate surface area is 167 Å². The number of hydrogen-bond donors (Lipinski definition) is 0. The Morgan fingerprint density at radius 3 is 2.54 bits per heavy atom. The molecule has 0 radical (unpaired) electrons. The number of esters is 1. The summed E-state index contributed by atoms with van der Waals surface area (Å²) in [4.78, 5) is 30.6. The summed E-state index contributed by atoms with van der Waals surface area (Å²) >= 11 is 1.54. The number of ether oxygens (including phenoxy) is 2. The Hall–Kier alpha value is -2.93. The smallest absolute Gasteiger partial charge is 0.347 e. The summed E-state index contributed by atoms with van der Waals surface area (Å²) in [6.07, 6.45) is -0.298. The number of rotatable bonds is 8. The van der Waals surface area contributed by atoms with E-state index in [0.717, 1.165) is 15.2 Å². The highest BCUT2D eigenvalue weighted by Gasteiger charge is 2.22. The van der Waals surface area contributed by atoms with Crippen molar-refractivity contribution in [3.8, 4) is 5.75 Å². The van der Waals surface area contributed by atoms with E-state index in [2.05, 4.69) is 4.98 Å². The maximum atomic E-state index is 12.3. The molecule has 7 heteroatoms. The molecule has 1 atom stereocenters. The molecule has 0 bridgehead atoms. The Morgan fingerprint density at radius 2 is 1.82 bits per heavy atom. The number of amides is 1. The average Bonchev–Trinajstić information content (AvgIpc) is 3.12. The average molecular weight is 398 g/mol. The van der Waals surface area contributed by atoms with Crippen LogP contribution in [0.3, 0.4) is 0 Å². The highest BCUT2D eigenvalue weighted by molar-refractivity contribution is 7.18. The molecule has 3 aromatic rings. The van der Waals surface area contributed by atoms with Gasteiger partial charge in [0.15, 0.2) is 12.7 Å². The monoisotopic (exact) mass is 398 g/mol. The Kier molecular flexibility index (Phi) is 6.60. The Balaban J connectivity index is 1.51. The number of aromatic nitrogens is 1. The quantitative estimate of drug-likeness (QED) is 0.542. The molecule has 0 fully saturated rings. The van der Waals surface area contributed by atoms with E-state index in [1.165, 1.54) is 4.90 Å². The van der Waals surface area contributed by atoms with Gasteiger partial charge in [0.2, 0.25) is 0 Å². The van der Waals surface area contributed by atoms with Crippen molar-refractivity contribution in [1.82, 2.24) is 9.88 Å². The van der Waals surface area contributed by atoms with Crippen LogP contribution in [0, 0.1) is 0 Å². The molecule has 146 valence electrons. The third-order valence-corrected chi connectivity index (χ3v) is 5.15. The molecule has 2 aromatic carbocycles. The first kappa shape index (κ1) is 19.8. The second-order valence-electron chi connectivity index (χ2n) is 6.26. The minimum absolute atomic E-state index is 0.290. The van der Waals surface area contributed by atoms with Crippen LogP contribution >= 0.6 is 11.3 Å². The number of para-hydroxylation sites is 2. The fraction of sp³-hybridized carbons (Fsp3) is 0.286. The summed E-state index contributed by atoms with van der Waals surface area (Å²) in [6, 6.07) is 16.9. The third-order valence-electron chi connectivity index (χ3n) is 4.13. The van der Waals surface area contributed by atoms with Crippen molar-refractivity contribution in [3.05, 3.63) is 59.6 Å². The molecule has 0 spiro atoms. The van der Waals surface area contributed by atoms with Crippen LogP contribution in [0.15, 0.2) is 54.6 Å². The first-order valence-electron chi connectivity index (χ1n) is 9.03. The summed E-state index contributed by atoms with van der Waals surface area (Å²) in [5.41, 5.74) is 0.915. The molecule has 28 heavy (non-hydrogen) atoms. The first-order valence-corrected chi connectivity index (χ1v) is 9.85. The first-order chi connectivity index (χ1) is 13.6. The van der Waals surface area contributed by atoms with E-state index in [1.807, 2.05) is 49.4 Å². The van der Waals surface area contributed by atoms with Gasteiger partial charge in [0.1, 0.15) is 10.8 Å². The molecule has 1 heterocycles. The van der Waals surface area contributed by atoms with Crippen molar-refractivity contribution in [1.29, 1.82) is 0 Å². The number of fused-ring (bicyclic) bond motifs is 1. The lowest BCUT2D eigenvalue weighted by Gasteiger charge is -2.18. The highest BCUT2D eigenvalue weighted by Crippen LogP contribution is 2.22. The second kappa shape index (κ2) is 9.32. The molecule has 0 aliphatic carbocycles. The van der Waals surface area contributed by atoms with Gasteiger partial charge in [0.25, 0.3) is 5.91 Å². The van der Waals surface area contributed by atoms with Crippen molar-refractivity contribution in [2.24, 2.45) is 0 Å². The number of nitrogens with zero attached hydrogens (tertiary/aromatic N) is 2. The van der Waals surface area contributed by atoms with Crippen LogP contribution in [-0.4, -0.2) is 41.5 Å². The standard InChI is InChI=1S/C21H22N2O4S/c1-3-17(27-15-9-5-4-6-10-15)21(25)26-14-20(24)23(2)13-19-22-16-11-7-8-12-18(16)28-19/h4-12,17H,3,13-14H2,1-2H3/t17-/m1/s1. The van der Waals surface area contributed by atoms with E-state index in [-0.39, 0.29) is 12.5 Å². The van der Waals surface area contributed by atoms with Crippen molar-refractivity contribution in [3.63, 3.8) is 0 Å². The third kappa shape index (κ3) is 5.07. The van der Waals surface area contributed by atoms with Gasteiger partial charge in [0.05, 0.1) is 16.8 Å². The molecule has 3 rings (SSSR count). The summed E-state index contributed by atoms with van der Waals surface area (Å²) < 4.78 is 11.9. The van der Waals surface area contributed by atoms with Gasteiger partial charge in [-0.25, -0.2) is 9.78 Å². The van der Waals surface area contributed by atoms with E-state index in [1.54, 1.807) is 30.5 Å². The van der Waals surface area contributed by atoms with Crippen LogP contribution in [0.5, 0.6) is 5.75 Å². The van der Waals surface area contributed by atoms with Crippen LogP contribution in [0.25, 0.3) is 10.2 Å². The molecule has 1 aromatic heterocycles. The molecule has 0 aliphatic heterocycles. The summed E-state index contributed by atoms with van der Waals surface area (Å²) in [6.45, 7) is 1.87. The molecule has 0 saturated carbocycles. The summed E-state index contributed by atoms with van der Waals surface area (Å²) in [5, 5.41) is 0.835. The van der Waals surface area contributed by atoms with Crippen LogP contribution in [-0.2, 0) is 20.9 Å². The van der Waals surface area contributed by atoms with Gasteiger partial charge in [-0.1, -0.05) is 37.3 Å². The second-order valence-corrected chi connectivity index (χ2v) is 7.38. The van der Waals surface area contributed by atoms with E-state index in [9.17, 15) is 9.59 Å². The van der Waals surface area contributed by atoms with Crippen molar-refractivity contribution < 1.29 is 19.1 Å². The van der Waals surface area contributed by atoms with Gasteiger partial charge in [0, 0.05) is 7.05 Å². The maximum Gasteiger partial charge on any atom is 0.347 e. The van der Waals surface area contributed by atoms with Crippen LogP contribution < -0.4 is 4.74 Å². The van der Waals surface area contributed by atoms with Gasteiger partial charge in [-0.3, -0.25) is 4.79 Å². The molecular weight excluding hydrogens is 376 g/mol. The molecule has 0 saturated heterocycles. The van der Waals surface area contributed by atoms with E-state index >= 15 is 0 Å². The molecular formula is C21H22N2O4S. The van der Waals surface area contributed by atoms with Crippen LogP contribution in [0.1, 0.15) is 18.4 Å². The van der Waals surface area contributed by atoms with Gasteiger partial charge < -0.3 is 14.4 Å². The summed E-state index contributed by atoms with van der Waals surface area (Å²) in [7, 11) is 1.67. The van der Waals surface area contributed by atoms with Crippen LogP contribution in [0.4, 0.5) is 0 Å². The minimum Gasteiger partial charge on any atom is -0.479 e. The number of carbonyl (C=O) groups excluding carboxylic acids is 2. The number of thiazole rings is 1. The Morgan fingerprint density at radius 1 is 1.11 bits per heavy atom. The summed E-state index contributed by atoms with van der Waals surface area (Å²) in [5.74, 6) is -0.249. The maximum absolute atomic E-state index is 12.3. The lowest BCUT2D eigenvalue weighted by molar-refractivity contribution is -0.158. The fourth-order valence-electron chi connectivity index (χ4n) is 2.58. The molecule has 0 aliphatic rings. The normalized spacial score (nSPS) is 11.8. The van der Waals surface area contributed by atoms with Gasteiger partial charge in [-0.05, 0) is 30.7 Å². The van der Waals surface area contributed by atoms with Crippen molar-refractivity contribution in [2.45, 2.75) is 26.0 Å². The lowest BCUT2D eigenvalue weighted by atomic mass is 10.2. The predicted octanol–water partition coefficient (Wildman–Crippen LogP) is 3.66. The largest absolute Gasteiger partial charge is 0.479 e. The topological polar surface area (TPSA) is 68.7 Å². The van der Waals surface area contributed by atoms with Gasteiger partial charge in [-0.15, -0.1) is 11.3 Å². The predicted molar refractivity (Wildman–Crippen MR) is 108 cm³/mol. The number of carbonyl (C=O) groups is 2. The minimum atomic E-state index is -0.746. The zero-order valence-corrected chi connectivity index (χ0v) is 16.6. The zero-order chi connectivity index (χ0) is 19.9. The van der Waals surface area contributed by atoms with E-state index < -0.39 is 12.1 Å². The lowest BCUT2D eigenvalue weighted by Crippen LogP contribution is -2.34. The number of likely N-dealkylation sites (N-methyl/N-ethyl adjacent to an activating group) is 1. The van der Waals surface area contributed by atoms with E-state index in [4.69, 9.17) is 9.47 Å². The zero-order valence-electron chi connectivity index (χ0n) is 15.8. The molecule has 0 unspecified atom stereocenters. The molecule has 6 nitrogen and oxygen atoms in total. The Bertz CT molecular complexity index is 909. The highest BCUT2D eigenvalue weighted by atomic mass is 32.1. The number of benzene rings is 2.